The quantitative estimate of drug-likeness (QED) is 0.368. The molecular formula is C10H12F3N3O. The summed E-state index contributed by atoms with van der Waals surface area (Å²) in [7, 11) is 1.35. The second-order valence-electron chi connectivity index (χ2n) is 3.42. The van der Waals surface area contributed by atoms with Gasteiger partial charge in [-0.05, 0) is 18.2 Å². The maximum Gasteiger partial charge on any atom is 0.255 e. The van der Waals surface area contributed by atoms with Gasteiger partial charge in [0.05, 0.1) is 12.2 Å². The van der Waals surface area contributed by atoms with Crippen molar-refractivity contribution in [3.63, 3.8) is 0 Å². The first-order chi connectivity index (χ1) is 7.95. The van der Waals surface area contributed by atoms with E-state index in [4.69, 9.17) is 10.9 Å². The predicted octanol–water partition coefficient (Wildman–Crippen LogP) is 1.62. The zero-order chi connectivity index (χ0) is 13.0. The molecule has 0 spiro atoms. The maximum atomic E-state index is 13.6. The Hall–Kier alpha value is -1.92. The molecule has 7 heteroatoms. The third-order valence-electron chi connectivity index (χ3n) is 2.17. The molecule has 0 radical (unpaired) electrons. The molecule has 1 rings (SSSR count). The molecule has 1 aromatic rings. The van der Waals surface area contributed by atoms with E-state index >= 15 is 0 Å². The Kier molecular flexibility index (Phi) is 4.19. The molecule has 0 saturated heterocycles. The lowest BCUT2D eigenvalue weighted by molar-refractivity contribution is 0.156. The highest BCUT2D eigenvalue weighted by molar-refractivity contribution is 5.97. The molecule has 1 aromatic carbocycles. The molecule has 0 saturated carbocycles. The van der Waals surface area contributed by atoms with E-state index in [9.17, 15) is 13.2 Å². The fourth-order valence-electron chi connectivity index (χ4n) is 1.34. The maximum absolute atomic E-state index is 13.6. The molecule has 0 heterocycles. The van der Waals surface area contributed by atoms with Crippen LogP contribution < -0.4 is 10.6 Å². The van der Waals surface area contributed by atoms with Gasteiger partial charge in [-0.2, -0.15) is 0 Å². The number of amidine groups is 1. The van der Waals surface area contributed by atoms with Gasteiger partial charge in [-0.25, -0.2) is 13.2 Å². The summed E-state index contributed by atoms with van der Waals surface area (Å²) in [5.41, 5.74) is 5.48. The van der Waals surface area contributed by atoms with Crippen LogP contribution in [0.15, 0.2) is 23.4 Å². The molecule has 0 aliphatic rings. The molecule has 0 bridgehead atoms. The van der Waals surface area contributed by atoms with Crippen molar-refractivity contribution in [2.24, 2.45) is 10.9 Å². The molecule has 3 N–H and O–H groups in total. The van der Waals surface area contributed by atoms with E-state index in [1.54, 1.807) is 0 Å². The Bertz CT molecular complexity index is 423. The minimum absolute atomic E-state index is 0.0276. The number of hydrogen-bond donors (Lipinski definition) is 2. The minimum Gasteiger partial charge on any atom is -0.409 e. The molecule has 17 heavy (non-hydrogen) atoms. The predicted molar refractivity (Wildman–Crippen MR) is 58.2 cm³/mol. The lowest BCUT2D eigenvalue weighted by Crippen LogP contribution is -2.25. The summed E-state index contributed by atoms with van der Waals surface area (Å²) in [5.74, 6) is -0.954. The molecule has 4 nitrogen and oxygen atoms in total. The van der Waals surface area contributed by atoms with E-state index in [1.165, 1.54) is 19.2 Å². The Labute approximate surface area is 96.1 Å². The first-order valence-electron chi connectivity index (χ1n) is 4.72. The van der Waals surface area contributed by atoms with E-state index in [2.05, 4.69) is 5.16 Å². The van der Waals surface area contributed by atoms with Gasteiger partial charge in [0.15, 0.2) is 5.84 Å². The van der Waals surface area contributed by atoms with Gasteiger partial charge in [-0.15, -0.1) is 0 Å². The summed E-state index contributed by atoms with van der Waals surface area (Å²) in [4.78, 5) is 1.09. The third kappa shape index (κ3) is 3.27. The second kappa shape index (κ2) is 5.42. The number of rotatable bonds is 4. The zero-order valence-corrected chi connectivity index (χ0v) is 9.07. The van der Waals surface area contributed by atoms with Crippen LogP contribution in [0.1, 0.15) is 5.56 Å². The molecular weight excluding hydrogens is 235 g/mol. The van der Waals surface area contributed by atoms with Gasteiger partial charge < -0.3 is 15.8 Å². The molecule has 0 unspecified atom stereocenters. The summed E-state index contributed by atoms with van der Waals surface area (Å²) >= 11 is 0. The monoisotopic (exact) mass is 247 g/mol. The highest BCUT2D eigenvalue weighted by atomic mass is 19.3. The van der Waals surface area contributed by atoms with Gasteiger partial charge in [-0.3, -0.25) is 0 Å². The molecule has 94 valence electrons. The van der Waals surface area contributed by atoms with Gasteiger partial charge in [0, 0.05) is 12.6 Å². The van der Waals surface area contributed by atoms with Crippen LogP contribution in [-0.2, 0) is 0 Å². The Balaban J connectivity index is 2.97. The van der Waals surface area contributed by atoms with Crippen LogP contribution in [0.4, 0.5) is 18.9 Å². The first kappa shape index (κ1) is 13.1. The second-order valence-corrected chi connectivity index (χ2v) is 3.42. The van der Waals surface area contributed by atoms with Crippen LogP contribution in [0.3, 0.4) is 0 Å². The van der Waals surface area contributed by atoms with Crippen molar-refractivity contribution < 1.29 is 18.4 Å². The Morgan fingerprint density at radius 2 is 2.18 bits per heavy atom. The standard InChI is InChI=1S/C10H12F3N3O/c1-16(5-9(12)13)8-3-2-6(4-7(8)11)10(14)15-17/h2-4,9,17H,5H2,1H3,(H2,14,15). The van der Waals surface area contributed by atoms with Crippen LogP contribution in [-0.4, -0.2) is 31.1 Å². The Morgan fingerprint density at radius 3 is 2.65 bits per heavy atom. The van der Waals surface area contributed by atoms with Crippen LogP contribution in [0.2, 0.25) is 0 Å². The summed E-state index contributed by atoms with van der Waals surface area (Å²) in [6, 6.07) is 3.70. The smallest absolute Gasteiger partial charge is 0.255 e. The number of benzene rings is 1. The fourth-order valence-corrected chi connectivity index (χ4v) is 1.34. The minimum atomic E-state index is -2.55. The van der Waals surface area contributed by atoms with Crippen molar-refractivity contribution >= 4 is 11.5 Å². The highest BCUT2D eigenvalue weighted by Gasteiger charge is 2.13. The number of halogens is 3. The number of nitrogens with two attached hydrogens (primary N) is 1. The Morgan fingerprint density at radius 1 is 1.53 bits per heavy atom. The molecule has 0 aliphatic heterocycles. The van der Waals surface area contributed by atoms with Crippen molar-refractivity contribution in [3.05, 3.63) is 29.6 Å². The average molecular weight is 247 g/mol. The van der Waals surface area contributed by atoms with E-state index in [0.717, 1.165) is 11.0 Å². The van der Waals surface area contributed by atoms with E-state index < -0.39 is 18.8 Å². The van der Waals surface area contributed by atoms with E-state index in [0.29, 0.717) is 0 Å². The number of nitrogens with zero attached hydrogens (tertiary/aromatic N) is 2. The van der Waals surface area contributed by atoms with Crippen LogP contribution in [0, 0.1) is 5.82 Å². The summed E-state index contributed by atoms with van der Waals surface area (Å²) in [5, 5.41) is 11.1. The lowest BCUT2D eigenvalue weighted by Gasteiger charge is -2.19. The van der Waals surface area contributed by atoms with Crippen molar-refractivity contribution in [2.75, 3.05) is 18.5 Å². The van der Waals surface area contributed by atoms with Crippen molar-refractivity contribution in [2.45, 2.75) is 6.43 Å². The highest BCUT2D eigenvalue weighted by Crippen LogP contribution is 2.20. The largest absolute Gasteiger partial charge is 0.409 e. The van der Waals surface area contributed by atoms with Crippen molar-refractivity contribution in [1.82, 2.24) is 0 Å². The van der Waals surface area contributed by atoms with Crippen molar-refractivity contribution in [3.8, 4) is 0 Å². The van der Waals surface area contributed by atoms with Crippen molar-refractivity contribution in [1.29, 1.82) is 0 Å². The van der Waals surface area contributed by atoms with Gasteiger partial charge in [0.2, 0.25) is 0 Å². The van der Waals surface area contributed by atoms with Gasteiger partial charge >= 0.3 is 0 Å². The topological polar surface area (TPSA) is 61.8 Å². The number of anilines is 1. The summed E-state index contributed by atoms with van der Waals surface area (Å²) in [6.07, 6.45) is -2.55. The van der Waals surface area contributed by atoms with Gasteiger partial charge in [-0.1, -0.05) is 5.16 Å². The summed E-state index contributed by atoms with van der Waals surface area (Å²) < 4.78 is 37.8. The number of hydrogen-bond acceptors (Lipinski definition) is 3. The van der Waals surface area contributed by atoms with Gasteiger partial charge in [0.1, 0.15) is 5.82 Å². The van der Waals surface area contributed by atoms with Crippen LogP contribution >= 0.6 is 0 Å². The molecule has 0 atom stereocenters. The molecule has 0 fully saturated rings. The van der Waals surface area contributed by atoms with Crippen LogP contribution in [0.5, 0.6) is 0 Å². The van der Waals surface area contributed by atoms with Crippen LogP contribution in [0.25, 0.3) is 0 Å². The molecule has 0 amide bonds. The van der Waals surface area contributed by atoms with Gasteiger partial charge in [0.25, 0.3) is 6.43 Å². The molecule has 0 aromatic heterocycles. The third-order valence-corrected chi connectivity index (χ3v) is 2.17. The normalized spacial score (nSPS) is 11.9. The van der Waals surface area contributed by atoms with E-state index in [-0.39, 0.29) is 17.1 Å². The zero-order valence-electron chi connectivity index (χ0n) is 9.07. The number of alkyl halides is 2. The summed E-state index contributed by atoms with van der Waals surface area (Å²) in [6.45, 7) is -0.570. The average Bonchev–Trinajstić information content (AvgIpc) is 2.26. The lowest BCUT2D eigenvalue weighted by atomic mass is 10.1. The number of oxime groups is 1. The fraction of sp³-hybridized carbons (Fsp3) is 0.300. The molecule has 0 aliphatic carbocycles. The first-order valence-corrected chi connectivity index (χ1v) is 4.72. The SMILES string of the molecule is CN(CC(F)F)c1ccc(/C(N)=N/O)cc1F. The van der Waals surface area contributed by atoms with E-state index in [1.807, 2.05) is 0 Å².